The van der Waals surface area contributed by atoms with Crippen LogP contribution in [0, 0.1) is 24.2 Å². The number of aliphatic hydroxyl groups excluding tert-OH is 1. The van der Waals surface area contributed by atoms with Crippen LogP contribution in [0.1, 0.15) is 67.2 Å². The van der Waals surface area contributed by atoms with Gasteiger partial charge in [0, 0.05) is 22.8 Å². The highest BCUT2D eigenvalue weighted by atomic mass is 16.5. The van der Waals surface area contributed by atoms with Crippen molar-refractivity contribution >= 4 is 17.5 Å². The van der Waals surface area contributed by atoms with Crippen LogP contribution in [0.15, 0.2) is 45.2 Å². The van der Waals surface area contributed by atoms with Gasteiger partial charge in [-0.25, -0.2) is 0 Å². The van der Waals surface area contributed by atoms with Gasteiger partial charge >= 0.3 is 0 Å². The maximum absolute atomic E-state index is 14.1. The SMILES string of the molecule is CC1=C2C(=O)c3c(C)ccc(-c4cc(C(C)C)no4)c3C[C@H]2C[C@H]2[C@@H](N)C(=O)C(C(N)=O)=C(O)[C@@]12C. The van der Waals surface area contributed by atoms with E-state index in [1.165, 1.54) is 0 Å². The molecule has 188 valence electrons. The highest BCUT2D eigenvalue weighted by Crippen LogP contribution is 2.57. The normalized spacial score (nSPS) is 27.8. The second-order valence-corrected chi connectivity index (χ2v) is 10.8. The van der Waals surface area contributed by atoms with E-state index in [-0.39, 0.29) is 23.4 Å². The van der Waals surface area contributed by atoms with Crippen LogP contribution in [-0.2, 0) is 16.0 Å². The molecule has 2 aromatic rings. The number of amides is 1. The number of hydrogen-bond donors (Lipinski definition) is 3. The number of aliphatic hydroxyl groups is 1. The van der Waals surface area contributed by atoms with Gasteiger partial charge in [0.05, 0.1) is 17.2 Å². The van der Waals surface area contributed by atoms with E-state index in [4.69, 9.17) is 16.0 Å². The molecule has 0 spiro atoms. The molecule has 4 atom stereocenters. The summed E-state index contributed by atoms with van der Waals surface area (Å²) in [6, 6.07) is 4.77. The molecular formula is C28H31N3O5. The van der Waals surface area contributed by atoms with Gasteiger partial charge in [0.2, 0.25) is 0 Å². The summed E-state index contributed by atoms with van der Waals surface area (Å²) in [6.45, 7) is 9.52. The van der Waals surface area contributed by atoms with E-state index in [9.17, 15) is 19.5 Å². The summed E-state index contributed by atoms with van der Waals surface area (Å²) >= 11 is 0. The Hall–Kier alpha value is -3.52. The molecule has 5 rings (SSSR count). The summed E-state index contributed by atoms with van der Waals surface area (Å²) in [5.74, 6) is -2.02. The lowest BCUT2D eigenvalue weighted by Gasteiger charge is -2.51. The summed E-state index contributed by atoms with van der Waals surface area (Å²) in [4.78, 5) is 39.0. The summed E-state index contributed by atoms with van der Waals surface area (Å²) in [5.41, 5.74) is 15.5. The number of carbonyl (C=O) groups excluding carboxylic acids is 3. The van der Waals surface area contributed by atoms with E-state index < -0.39 is 34.6 Å². The van der Waals surface area contributed by atoms with Crippen molar-refractivity contribution in [2.24, 2.45) is 28.7 Å². The fourth-order valence-electron chi connectivity index (χ4n) is 6.48. The van der Waals surface area contributed by atoms with Crippen molar-refractivity contribution in [3.8, 4) is 11.3 Å². The van der Waals surface area contributed by atoms with E-state index >= 15 is 0 Å². The first kappa shape index (κ1) is 24.2. The first-order valence-electron chi connectivity index (χ1n) is 12.3. The van der Waals surface area contributed by atoms with Gasteiger partial charge in [0.1, 0.15) is 11.3 Å². The van der Waals surface area contributed by atoms with Gasteiger partial charge in [0.15, 0.2) is 17.3 Å². The first-order valence-corrected chi connectivity index (χ1v) is 12.3. The molecule has 1 heterocycles. The smallest absolute Gasteiger partial charge is 0.255 e. The maximum Gasteiger partial charge on any atom is 0.255 e. The number of carbonyl (C=O) groups is 3. The second kappa shape index (κ2) is 8.00. The molecule has 0 radical (unpaired) electrons. The Morgan fingerprint density at radius 1 is 1.25 bits per heavy atom. The minimum absolute atomic E-state index is 0.111. The standard InChI is InChI=1S/C28H31N3O5/c1-11(2)18-10-19(36-31-18)15-7-6-12(3)20-16(15)8-14-9-17-23(29)25(33)22(27(30)35)26(34)28(17,5)13(4)21(14)24(20)32/h6-7,10-11,14,17,23,34H,8-9,29H2,1-5H3,(H2,30,35)/t14-,17-,23+,28-/m0/s1. The Bertz CT molecular complexity index is 1410. The lowest BCUT2D eigenvalue weighted by Crippen LogP contribution is -2.57. The summed E-state index contributed by atoms with van der Waals surface area (Å²) < 4.78 is 5.67. The van der Waals surface area contributed by atoms with Gasteiger partial charge in [-0.1, -0.05) is 36.7 Å². The number of fused-ring (bicyclic) bond motifs is 3. The predicted octanol–water partition coefficient (Wildman–Crippen LogP) is 3.68. The second-order valence-electron chi connectivity index (χ2n) is 10.8. The molecule has 1 amide bonds. The molecule has 0 fully saturated rings. The van der Waals surface area contributed by atoms with Crippen molar-refractivity contribution in [3.05, 3.63) is 63.1 Å². The van der Waals surface area contributed by atoms with Crippen LogP contribution in [0.5, 0.6) is 0 Å². The van der Waals surface area contributed by atoms with E-state index in [0.29, 0.717) is 35.3 Å². The monoisotopic (exact) mass is 489 g/mol. The van der Waals surface area contributed by atoms with E-state index in [1.807, 2.05) is 39.0 Å². The Labute approximate surface area is 209 Å². The van der Waals surface area contributed by atoms with Crippen LogP contribution in [-0.4, -0.2) is 33.8 Å². The van der Waals surface area contributed by atoms with Crippen molar-refractivity contribution in [1.29, 1.82) is 0 Å². The van der Waals surface area contributed by atoms with Gasteiger partial charge in [0.25, 0.3) is 5.91 Å². The number of nitrogens with zero attached hydrogens (tertiary/aromatic N) is 1. The average Bonchev–Trinajstić information content (AvgIpc) is 3.30. The van der Waals surface area contributed by atoms with Crippen molar-refractivity contribution in [2.45, 2.75) is 59.4 Å². The van der Waals surface area contributed by atoms with Crippen LogP contribution in [0.2, 0.25) is 0 Å². The van der Waals surface area contributed by atoms with Gasteiger partial charge in [-0.3, -0.25) is 14.4 Å². The molecule has 8 heteroatoms. The third-order valence-corrected chi connectivity index (χ3v) is 8.66. The Balaban J connectivity index is 1.71. The predicted molar refractivity (Wildman–Crippen MR) is 133 cm³/mol. The summed E-state index contributed by atoms with van der Waals surface area (Å²) in [7, 11) is 0. The quantitative estimate of drug-likeness (QED) is 0.557. The zero-order valence-corrected chi connectivity index (χ0v) is 21.1. The molecule has 1 aromatic heterocycles. The molecule has 8 nitrogen and oxygen atoms in total. The van der Waals surface area contributed by atoms with E-state index in [0.717, 1.165) is 22.4 Å². The largest absolute Gasteiger partial charge is 0.510 e. The number of benzene rings is 1. The summed E-state index contributed by atoms with van der Waals surface area (Å²) in [6.07, 6.45) is 0.974. The van der Waals surface area contributed by atoms with Crippen LogP contribution in [0.3, 0.4) is 0 Å². The fourth-order valence-corrected chi connectivity index (χ4v) is 6.48. The van der Waals surface area contributed by atoms with Gasteiger partial charge < -0.3 is 21.1 Å². The third kappa shape index (κ3) is 3.10. The molecular weight excluding hydrogens is 458 g/mol. The van der Waals surface area contributed by atoms with Gasteiger partial charge in [-0.05, 0) is 62.5 Å². The minimum Gasteiger partial charge on any atom is -0.510 e. The van der Waals surface area contributed by atoms with E-state index in [1.54, 1.807) is 13.8 Å². The molecule has 0 saturated carbocycles. The number of nitrogens with two attached hydrogens (primary N) is 2. The molecule has 3 aliphatic rings. The number of aromatic nitrogens is 1. The number of aryl methyl sites for hydroxylation is 1. The summed E-state index contributed by atoms with van der Waals surface area (Å²) in [5, 5.41) is 15.3. The minimum atomic E-state index is -1.14. The number of ketones is 2. The zero-order chi connectivity index (χ0) is 26.3. The maximum atomic E-state index is 14.1. The Morgan fingerprint density at radius 3 is 2.56 bits per heavy atom. The Kier molecular flexibility index (Phi) is 5.37. The molecule has 0 bridgehead atoms. The zero-order valence-electron chi connectivity index (χ0n) is 21.1. The van der Waals surface area contributed by atoms with Gasteiger partial charge in [-0.15, -0.1) is 0 Å². The fraction of sp³-hybridized carbons (Fsp3) is 0.429. The van der Waals surface area contributed by atoms with Crippen molar-refractivity contribution in [1.82, 2.24) is 5.16 Å². The number of hydrogen-bond acceptors (Lipinski definition) is 7. The average molecular weight is 490 g/mol. The molecule has 0 aliphatic heterocycles. The van der Waals surface area contributed by atoms with Crippen LogP contribution in [0.4, 0.5) is 0 Å². The van der Waals surface area contributed by atoms with Gasteiger partial charge in [-0.2, -0.15) is 0 Å². The molecule has 0 unspecified atom stereocenters. The number of allylic oxidation sites excluding steroid dienone is 2. The number of Topliss-reactive ketones (excluding diaryl/α,β-unsaturated/α-hetero) is 2. The highest BCUT2D eigenvalue weighted by Gasteiger charge is 2.57. The van der Waals surface area contributed by atoms with Crippen LogP contribution < -0.4 is 11.5 Å². The molecule has 5 N–H and O–H groups in total. The lowest BCUT2D eigenvalue weighted by molar-refractivity contribution is -0.125. The molecule has 36 heavy (non-hydrogen) atoms. The lowest BCUT2D eigenvalue weighted by atomic mass is 9.52. The molecule has 1 aromatic carbocycles. The van der Waals surface area contributed by atoms with Crippen LogP contribution in [0.25, 0.3) is 11.3 Å². The van der Waals surface area contributed by atoms with E-state index in [2.05, 4.69) is 5.16 Å². The highest BCUT2D eigenvalue weighted by molar-refractivity contribution is 6.22. The first-order chi connectivity index (χ1) is 16.9. The van der Waals surface area contributed by atoms with Crippen LogP contribution >= 0.6 is 0 Å². The molecule has 3 aliphatic carbocycles. The third-order valence-electron chi connectivity index (χ3n) is 8.66. The number of rotatable bonds is 3. The van der Waals surface area contributed by atoms with Crippen molar-refractivity contribution in [3.63, 3.8) is 0 Å². The van der Waals surface area contributed by atoms with Crippen molar-refractivity contribution < 1.29 is 24.0 Å². The van der Waals surface area contributed by atoms with Crippen molar-refractivity contribution in [2.75, 3.05) is 0 Å². The Morgan fingerprint density at radius 2 is 1.94 bits per heavy atom. The topological polar surface area (TPSA) is 150 Å². The molecule has 0 saturated heterocycles. The number of primary amides is 1.